The zero-order valence-electron chi connectivity index (χ0n) is 10.2. The van der Waals surface area contributed by atoms with Gasteiger partial charge >= 0.3 is 0 Å². The van der Waals surface area contributed by atoms with Crippen LogP contribution in [0.1, 0.15) is 19.8 Å². The maximum atomic E-state index is 5.72. The fourth-order valence-electron chi connectivity index (χ4n) is 1.88. The van der Waals surface area contributed by atoms with Crippen molar-refractivity contribution in [2.75, 3.05) is 30.5 Å². The molecule has 1 saturated heterocycles. The first-order valence-electron chi connectivity index (χ1n) is 5.68. The lowest BCUT2D eigenvalue weighted by atomic mass is 10.0. The van der Waals surface area contributed by atoms with Crippen molar-refractivity contribution in [2.45, 2.75) is 30.5 Å². The molecule has 0 spiro atoms. The fraction of sp³-hybridized carbons (Fsp3) is 0.636. The van der Waals surface area contributed by atoms with Gasteiger partial charge in [-0.1, -0.05) is 11.8 Å². The van der Waals surface area contributed by atoms with E-state index < -0.39 is 0 Å². The molecule has 1 aromatic heterocycles. The second kappa shape index (κ2) is 5.10. The number of nitrogens with two attached hydrogens (primary N) is 1. The number of nitrogens with one attached hydrogen (secondary N) is 1. The third-order valence-corrected chi connectivity index (χ3v) is 3.40. The Balaban J connectivity index is 2.00. The molecule has 1 aliphatic rings. The van der Waals surface area contributed by atoms with Crippen LogP contribution in [-0.2, 0) is 4.74 Å². The van der Waals surface area contributed by atoms with Crippen molar-refractivity contribution in [1.82, 2.24) is 9.97 Å². The monoisotopic (exact) mass is 254 g/mol. The lowest BCUT2D eigenvalue weighted by Gasteiger charge is -2.23. The summed E-state index contributed by atoms with van der Waals surface area (Å²) in [4.78, 5) is 8.46. The zero-order chi connectivity index (χ0) is 12.3. The van der Waals surface area contributed by atoms with Gasteiger partial charge in [-0.3, -0.25) is 0 Å². The summed E-state index contributed by atoms with van der Waals surface area (Å²) in [5.74, 6) is 1.25. The van der Waals surface area contributed by atoms with Crippen LogP contribution >= 0.6 is 11.8 Å². The zero-order valence-corrected chi connectivity index (χ0v) is 11.0. The van der Waals surface area contributed by atoms with Gasteiger partial charge in [-0.25, -0.2) is 9.97 Å². The maximum Gasteiger partial charge on any atom is 0.191 e. The summed E-state index contributed by atoms with van der Waals surface area (Å²) >= 11 is 1.48. The molecule has 0 radical (unpaired) electrons. The van der Waals surface area contributed by atoms with E-state index in [1.807, 2.05) is 6.26 Å². The minimum atomic E-state index is -0.0841. The Morgan fingerprint density at radius 2 is 2.41 bits per heavy atom. The standard InChI is InChI=1S/C11H18N4OS/c1-11(4-3-5-16-11)7-13-9-6-8(12)14-10(15-9)17-2/h6H,3-5,7H2,1-2H3,(H3,12,13,14,15). The van der Waals surface area contributed by atoms with Crippen LogP contribution in [0.5, 0.6) is 0 Å². The average molecular weight is 254 g/mol. The van der Waals surface area contributed by atoms with Crippen molar-refractivity contribution in [2.24, 2.45) is 0 Å². The van der Waals surface area contributed by atoms with Crippen molar-refractivity contribution in [3.05, 3.63) is 6.07 Å². The van der Waals surface area contributed by atoms with Crippen LogP contribution in [-0.4, -0.2) is 35.0 Å². The lowest BCUT2D eigenvalue weighted by molar-refractivity contribution is 0.0314. The molecule has 0 bridgehead atoms. The number of aromatic nitrogens is 2. The van der Waals surface area contributed by atoms with E-state index in [1.54, 1.807) is 6.07 Å². The Bertz CT molecular complexity index is 393. The quantitative estimate of drug-likeness (QED) is 0.630. The van der Waals surface area contributed by atoms with Gasteiger partial charge in [0.1, 0.15) is 11.6 Å². The molecule has 2 rings (SSSR count). The van der Waals surface area contributed by atoms with Gasteiger partial charge in [-0.05, 0) is 26.0 Å². The molecular weight excluding hydrogens is 236 g/mol. The van der Waals surface area contributed by atoms with Crippen molar-refractivity contribution in [3.8, 4) is 0 Å². The summed E-state index contributed by atoms with van der Waals surface area (Å²) in [5, 5.41) is 3.96. The van der Waals surface area contributed by atoms with Crippen LogP contribution in [0.3, 0.4) is 0 Å². The summed E-state index contributed by atoms with van der Waals surface area (Å²) in [5.41, 5.74) is 5.63. The largest absolute Gasteiger partial charge is 0.383 e. The van der Waals surface area contributed by atoms with E-state index in [4.69, 9.17) is 10.5 Å². The van der Waals surface area contributed by atoms with E-state index in [0.717, 1.165) is 31.8 Å². The molecule has 94 valence electrons. The number of hydrogen-bond donors (Lipinski definition) is 2. The van der Waals surface area contributed by atoms with Crippen LogP contribution in [0.2, 0.25) is 0 Å². The summed E-state index contributed by atoms with van der Waals surface area (Å²) < 4.78 is 5.71. The van der Waals surface area contributed by atoms with E-state index in [-0.39, 0.29) is 5.60 Å². The lowest BCUT2D eigenvalue weighted by Crippen LogP contribution is -2.32. The first kappa shape index (κ1) is 12.4. The molecule has 1 aromatic rings. The predicted octanol–water partition coefficient (Wildman–Crippen LogP) is 1.76. The third kappa shape index (κ3) is 3.23. The number of nitrogens with zero attached hydrogens (tertiary/aromatic N) is 2. The molecule has 3 N–H and O–H groups in total. The number of ether oxygens (including phenoxy) is 1. The molecule has 1 atom stereocenters. The molecule has 0 aromatic carbocycles. The second-order valence-electron chi connectivity index (χ2n) is 4.42. The molecule has 1 unspecified atom stereocenters. The molecular formula is C11H18N4OS. The van der Waals surface area contributed by atoms with Gasteiger partial charge in [0.2, 0.25) is 0 Å². The number of nitrogen functional groups attached to an aromatic ring is 1. The first-order chi connectivity index (χ1) is 8.11. The highest BCUT2D eigenvalue weighted by Gasteiger charge is 2.29. The van der Waals surface area contributed by atoms with Crippen molar-refractivity contribution >= 4 is 23.4 Å². The van der Waals surface area contributed by atoms with Crippen molar-refractivity contribution in [3.63, 3.8) is 0 Å². The minimum absolute atomic E-state index is 0.0841. The molecule has 1 fully saturated rings. The molecule has 6 heteroatoms. The molecule has 0 saturated carbocycles. The van der Waals surface area contributed by atoms with Gasteiger partial charge in [-0.15, -0.1) is 0 Å². The summed E-state index contributed by atoms with van der Waals surface area (Å²) in [6, 6.07) is 1.75. The molecule has 5 nitrogen and oxygen atoms in total. The highest BCUT2D eigenvalue weighted by molar-refractivity contribution is 7.98. The average Bonchev–Trinajstić information content (AvgIpc) is 2.73. The predicted molar refractivity (Wildman–Crippen MR) is 70.3 cm³/mol. The van der Waals surface area contributed by atoms with Crippen LogP contribution < -0.4 is 11.1 Å². The van der Waals surface area contributed by atoms with Gasteiger partial charge in [-0.2, -0.15) is 0 Å². The third-order valence-electron chi connectivity index (χ3n) is 2.85. The van der Waals surface area contributed by atoms with Crippen LogP contribution in [0, 0.1) is 0 Å². The van der Waals surface area contributed by atoms with E-state index >= 15 is 0 Å². The van der Waals surface area contributed by atoms with E-state index in [2.05, 4.69) is 22.2 Å². The maximum absolute atomic E-state index is 5.72. The number of anilines is 2. The van der Waals surface area contributed by atoms with Gasteiger partial charge < -0.3 is 15.8 Å². The van der Waals surface area contributed by atoms with Gasteiger partial charge in [0.05, 0.1) is 5.60 Å². The van der Waals surface area contributed by atoms with Crippen molar-refractivity contribution in [1.29, 1.82) is 0 Å². The van der Waals surface area contributed by atoms with Gasteiger partial charge in [0, 0.05) is 19.2 Å². The molecule has 2 heterocycles. The highest BCUT2D eigenvalue weighted by atomic mass is 32.2. The molecule has 0 amide bonds. The van der Waals surface area contributed by atoms with Crippen LogP contribution in [0.25, 0.3) is 0 Å². The number of thioether (sulfide) groups is 1. The summed E-state index contributed by atoms with van der Waals surface area (Å²) in [6.07, 6.45) is 4.13. The topological polar surface area (TPSA) is 73.1 Å². The molecule has 0 aliphatic carbocycles. The molecule has 1 aliphatic heterocycles. The van der Waals surface area contributed by atoms with Crippen LogP contribution in [0.15, 0.2) is 11.2 Å². The second-order valence-corrected chi connectivity index (χ2v) is 5.19. The SMILES string of the molecule is CSc1nc(N)cc(NCC2(C)CCCO2)n1. The number of rotatable bonds is 4. The van der Waals surface area contributed by atoms with E-state index in [0.29, 0.717) is 11.0 Å². The van der Waals surface area contributed by atoms with Gasteiger partial charge in [0.15, 0.2) is 5.16 Å². The summed E-state index contributed by atoms with van der Waals surface area (Å²) in [6.45, 7) is 3.71. The highest BCUT2D eigenvalue weighted by Crippen LogP contribution is 2.25. The Labute approximate surface area is 106 Å². The molecule has 17 heavy (non-hydrogen) atoms. The Morgan fingerprint density at radius 1 is 1.59 bits per heavy atom. The smallest absolute Gasteiger partial charge is 0.191 e. The Hall–Kier alpha value is -1.01. The van der Waals surface area contributed by atoms with Gasteiger partial charge in [0.25, 0.3) is 0 Å². The Morgan fingerprint density at radius 3 is 3.06 bits per heavy atom. The van der Waals surface area contributed by atoms with E-state index in [9.17, 15) is 0 Å². The first-order valence-corrected chi connectivity index (χ1v) is 6.90. The minimum Gasteiger partial charge on any atom is -0.383 e. The van der Waals surface area contributed by atoms with Crippen molar-refractivity contribution < 1.29 is 4.74 Å². The van der Waals surface area contributed by atoms with E-state index in [1.165, 1.54) is 11.8 Å². The normalized spacial score (nSPS) is 23.9. The fourth-order valence-corrected chi connectivity index (χ4v) is 2.27. The summed E-state index contributed by atoms with van der Waals surface area (Å²) in [7, 11) is 0. The van der Waals surface area contributed by atoms with Crippen LogP contribution in [0.4, 0.5) is 11.6 Å². The number of hydrogen-bond acceptors (Lipinski definition) is 6. The Kier molecular flexibility index (Phi) is 3.73.